The molecule has 0 spiro atoms. The van der Waals surface area contributed by atoms with Crippen molar-refractivity contribution in [2.24, 2.45) is 5.92 Å². The van der Waals surface area contributed by atoms with E-state index in [1.165, 1.54) is 89.9 Å². The SMILES string of the molecule is CCCCCCCCCCOC(=O)CCCCCCCC(=O)OCC(CO)COC(=O)CCC(OCCCCCCCC)OCCCCCCCC. The van der Waals surface area contributed by atoms with Gasteiger partial charge < -0.3 is 28.8 Å². The van der Waals surface area contributed by atoms with E-state index in [-0.39, 0.29) is 44.1 Å². The standard InChI is InChI=1S/C43H82O9/c1-4-7-10-13-16-17-23-26-33-48-40(45)29-24-19-18-20-25-30-41(46)51-37-39(36-44)38-52-42(47)31-32-43(49-34-27-21-14-11-8-5-2)50-35-28-22-15-12-9-6-3/h39,43-44H,4-38H2,1-3H3. The van der Waals surface area contributed by atoms with E-state index in [2.05, 4.69) is 20.8 Å². The Morgan fingerprint density at radius 2 is 0.769 bits per heavy atom. The Hall–Kier alpha value is -1.71. The number of rotatable bonds is 41. The molecule has 0 saturated carbocycles. The van der Waals surface area contributed by atoms with Crippen molar-refractivity contribution in [3.05, 3.63) is 0 Å². The summed E-state index contributed by atoms with van der Waals surface area (Å²) < 4.78 is 28.1. The molecule has 0 aliphatic carbocycles. The van der Waals surface area contributed by atoms with E-state index >= 15 is 0 Å². The van der Waals surface area contributed by atoms with Gasteiger partial charge in [0.05, 0.1) is 38.8 Å². The predicted octanol–water partition coefficient (Wildman–Crippen LogP) is 11.0. The minimum absolute atomic E-state index is 0.00786. The van der Waals surface area contributed by atoms with E-state index in [1.54, 1.807) is 0 Å². The number of hydrogen-bond donors (Lipinski definition) is 1. The summed E-state index contributed by atoms with van der Waals surface area (Å²) in [6.45, 7) is 8.19. The van der Waals surface area contributed by atoms with Crippen LogP contribution in [0.3, 0.4) is 0 Å². The van der Waals surface area contributed by atoms with Crippen LogP contribution >= 0.6 is 0 Å². The topological polar surface area (TPSA) is 118 Å². The van der Waals surface area contributed by atoms with E-state index in [1.807, 2.05) is 0 Å². The van der Waals surface area contributed by atoms with E-state index in [0.29, 0.717) is 45.5 Å². The molecule has 0 amide bonds. The molecule has 0 rings (SSSR count). The Labute approximate surface area is 319 Å². The smallest absolute Gasteiger partial charge is 0.305 e. The second kappa shape index (κ2) is 40.5. The van der Waals surface area contributed by atoms with Crippen molar-refractivity contribution in [2.75, 3.05) is 39.6 Å². The first-order valence-electron chi connectivity index (χ1n) is 21.8. The number of ether oxygens (including phenoxy) is 5. The Morgan fingerprint density at radius 1 is 0.423 bits per heavy atom. The normalized spacial score (nSPS) is 11.9. The van der Waals surface area contributed by atoms with Gasteiger partial charge in [0.15, 0.2) is 6.29 Å². The number of carbonyl (C=O) groups excluding carboxylic acids is 3. The second-order valence-electron chi connectivity index (χ2n) is 14.6. The molecule has 9 nitrogen and oxygen atoms in total. The van der Waals surface area contributed by atoms with E-state index in [0.717, 1.165) is 64.2 Å². The lowest BCUT2D eigenvalue weighted by molar-refractivity contribution is -0.161. The van der Waals surface area contributed by atoms with Crippen molar-refractivity contribution in [1.29, 1.82) is 0 Å². The zero-order valence-corrected chi connectivity index (χ0v) is 34.1. The first kappa shape index (κ1) is 50.3. The third-order valence-electron chi connectivity index (χ3n) is 9.43. The highest BCUT2D eigenvalue weighted by Gasteiger charge is 2.17. The zero-order chi connectivity index (χ0) is 38.2. The van der Waals surface area contributed by atoms with Gasteiger partial charge in [0, 0.05) is 32.5 Å². The molecule has 0 bridgehead atoms. The third-order valence-corrected chi connectivity index (χ3v) is 9.43. The van der Waals surface area contributed by atoms with Crippen molar-refractivity contribution in [1.82, 2.24) is 0 Å². The van der Waals surface area contributed by atoms with Gasteiger partial charge in [0.2, 0.25) is 0 Å². The fraction of sp³-hybridized carbons (Fsp3) is 0.930. The average Bonchev–Trinajstić information content (AvgIpc) is 3.14. The summed E-state index contributed by atoms with van der Waals surface area (Å²) in [5, 5.41) is 9.74. The number of aliphatic hydroxyl groups is 1. The van der Waals surface area contributed by atoms with Gasteiger partial charge in [-0.3, -0.25) is 14.4 Å². The summed E-state index contributed by atoms with van der Waals surface area (Å²) in [5.41, 5.74) is 0. The van der Waals surface area contributed by atoms with Crippen molar-refractivity contribution >= 4 is 17.9 Å². The highest BCUT2D eigenvalue weighted by atomic mass is 16.7. The largest absolute Gasteiger partial charge is 0.466 e. The second-order valence-corrected chi connectivity index (χ2v) is 14.6. The summed E-state index contributed by atoms with van der Waals surface area (Å²) in [4.78, 5) is 36.7. The first-order chi connectivity index (χ1) is 25.5. The molecule has 0 radical (unpaired) electrons. The van der Waals surface area contributed by atoms with Crippen LogP contribution < -0.4 is 0 Å². The van der Waals surface area contributed by atoms with Crippen molar-refractivity contribution < 1.29 is 43.2 Å². The van der Waals surface area contributed by atoms with Crippen LogP contribution in [0.1, 0.15) is 207 Å². The Balaban J connectivity index is 4.05. The summed E-state index contributed by atoms with van der Waals surface area (Å²) in [6, 6.07) is 0. The lowest BCUT2D eigenvalue weighted by Gasteiger charge is -2.19. The molecule has 0 aliphatic rings. The third kappa shape index (κ3) is 36.6. The molecule has 1 unspecified atom stereocenters. The number of aliphatic hydroxyl groups excluding tert-OH is 1. The van der Waals surface area contributed by atoms with Crippen LogP contribution in [-0.2, 0) is 38.1 Å². The average molecular weight is 743 g/mol. The minimum Gasteiger partial charge on any atom is -0.466 e. The van der Waals surface area contributed by atoms with Gasteiger partial charge >= 0.3 is 17.9 Å². The van der Waals surface area contributed by atoms with Crippen molar-refractivity contribution in [3.8, 4) is 0 Å². The predicted molar refractivity (Wildman–Crippen MR) is 210 cm³/mol. The van der Waals surface area contributed by atoms with E-state index in [4.69, 9.17) is 23.7 Å². The number of carbonyl (C=O) groups is 3. The maximum Gasteiger partial charge on any atom is 0.305 e. The van der Waals surface area contributed by atoms with Crippen LogP contribution in [0.25, 0.3) is 0 Å². The van der Waals surface area contributed by atoms with Gasteiger partial charge in [-0.25, -0.2) is 0 Å². The van der Waals surface area contributed by atoms with Crippen LogP contribution in [0, 0.1) is 5.92 Å². The van der Waals surface area contributed by atoms with E-state index in [9.17, 15) is 19.5 Å². The van der Waals surface area contributed by atoms with Gasteiger partial charge in [0.25, 0.3) is 0 Å². The Kier molecular flexibility index (Phi) is 39.1. The highest BCUT2D eigenvalue weighted by molar-refractivity contribution is 5.70. The van der Waals surface area contributed by atoms with Gasteiger partial charge in [-0.1, -0.05) is 149 Å². The molecule has 0 aromatic heterocycles. The number of unbranched alkanes of at least 4 members (excludes halogenated alkanes) is 21. The molecule has 308 valence electrons. The summed E-state index contributed by atoms with van der Waals surface area (Å²) in [6.07, 6.45) is 29.2. The van der Waals surface area contributed by atoms with E-state index < -0.39 is 12.2 Å². The molecule has 0 aromatic carbocycles. The summed E-state index contributed by atoms with van der Waals surface area (Å²) in [7, 11) is 0. The number of esters is 3. The van der Waals surface area contributed by atoms with Crippen LogP contribution in [0.15, 0.2) is 0 Å². The molecule has 0 heterocycles. The zero-order valence-electron chi connectivity index (χ0n) is 34.1. The van der Waals surface area contributed by atoms with Crippen LogP contribution in [-0.4, -0.2) is 68.9 Å². The summed E-state index contributed by atoms with van der Waals surface area (Å²) >= 11 is 0. The Morgan fingerprint density at radius 3 is 1.19 bits per heavy atom. The molecule has 9 heteroatoms. The molecule has 1 atom stereocenters. The maximum atomic E-state index is 12.5. The lowest BCUT2D eigenvalue weighted by Crippen LogP contribution is -2.25. The monoisotopic (exact) mass is 743 g/mol. The van der Waals surface area contributed by atoms with Crippen LogP contribution in [0.4, 0.5) is 0 Å². The van der Waals surface area contributed by atoms with Gasteiger partial charge in [-0.2, -0.15) is 0 Å². The Bertz CT molecular complexity index is 773. The molecule has 0 aliphatic heterocycles. The number of hydrogen-bond acceptors (Lipinski definition) is 9. The van der Waals surface area contributed by atoms with Gasteiger partial charge in [-0.05, 0) is 32.1 Å². The fourth-order valence-corrected chi connectivity index (χ4v) is 5.93. The van der Waals surface area contributed by atoms with Gasteiger partial charge in [0.1, 0.15) is 0 Å². The van der Waals surface area contributed by atoms with Gasteiger partial charge in [-0.15, -0.1) is 0 Å². The van der Waals surface area contributed by atoms with Crippen LogP contribution in [0.2, 0.25) is 0 Å². The maximum absolute atomic E-state index is 12.5. The van der Waals surface area contributed by atoms with Crippen LogP contribution in [0.5, 0.6) is 0 Å². The summed E-state index contributed by atoms with van der Waals surface area (Å²) in [5.74, 6) is -1.27. The minimum atomic E-state index is -0.466. The quantitative estimate of drug-likeness (QED) is 0.0283. The first-order valence-corrected chi connectivity index (χ1v) is 21.8. The molecule has 0 saturated heterocycles. The fourth-order valence-electron chi connectivity index (χ4n) is 5.93. The molecule has 1 N–H and O–H groups in total. The lowest BCUT2D eigenvalue weighted by atomic mass is 10.1. The molecule has 52 heavy (non-hydrogen) atoms. The molecular formula is C43H82O9. The molecule has 0 aromatic rings. The molecule has 0 fully saturated rings. The molecular weight excluding hydrogens is 660 g/mol. The van der Waals surface area contributed by atoms with Crippen molar-refractivity contribution in [3.63, 3.8) is 0 Å². The van der Waals surface area contributed by atoms with Crippen molar-refractivity contribution in [2.45, 2.75) is 213 Å². The highest BCUT2D eigenvalue weighted by Crippen LogP contribution is 2.14.